The van der Waals surface area contributed by atoms with Crippen LogP contribution in [0.3, 0.4) is 0 Å². The Bertz CT molecular complexity index is 191. The fraction of sp³-hybridized carbons (Fsp3) is 0.917. The molecule has 94 valence electrons. The minimum atomic E-state index is -0.103. The van der Waals surface area contributed by atoms with Crippen LogP contribution < -0.4 is 0 Å². The van der Waals surface area contributed by atoms with Crippen molar-refractivity contribution in [2.75, 3.05) is 13.2 Å². The molecule has 1 aliphatic heterocycles. The molecule has 1 saturated heterocycles. The van der Waals surface area contributed by atoms with Crippen molar-refractivity contribution in [1.82, 2.24) is 0 Å². The van der Waals surface area contributed by atoms with E-state index < -0.39 is 0 Å². The van der Waals surface area contributed by atoms with E-state index in [9.17, 15) is 0 Å². The average molecular weight is 229 g/mol. The molecule has 1 fully saturated rings. The van der Waals surface area contributed by atoms with Crippen molar-refractivity contribution in [2.24, 2.45) is 11.1 Å². The number of nitrogens with zero attached hydrogens (tertiary/aromatic N) is 1. The highest BCUT2D eigenvalue weighted by Gasteiger charge is 2.20. The summed E-state index contributed by atoms with van der Waals surface area (Å²) in [5.74, 6) is 0.268. The lowest BCUT2D eigenvalue weighted by Crippen LogP contribution is -2.15. The van der Waals surface area contributed by atoms with Gasteiger partial charge in [-0.25, -0.2) is 0 Å². The molecule has 0 aromatic heterocycles. The molecular weight excluding hydrogens is 206 g/mol. The van der Waals surface area contributed by atoms with Gasteiger partial charge in [0.15, 0.2) is 6.29 Å². The maximum Gasteiger partial charge on any atom is 0.158 e. The van der Waals surface area contributed by atoms with E-state index in [-0.39, 0.29) is 12.2 Å². The molecule has 0 amide bonds. The lowest BCUT2D eigenvalue weighted by atomic mass is 9.98. The molecule has 4 nitrogen and oxygen atoms in total. The van der Waals surface area contributed by atoms with Gasteiger partial charge < -0.3 is 14.7 Å². The molecule has 0 saturated carbocycles. The molecule has 0 radical (unpaired) electrons. The van der Waals surface area contributed by atoms with Crippen molar-refractivity contribution < 1.29 is 14.7 Å². The normalized spacial score (nSPS) is 19.6. The summed E-state index contributed by atoms with van der Waals surface area (Å²) in [6, 6.07) is 0. The second-order valence-electron chi connectivity index (χ2n) is 4.28. The van der Waals surface area contributed by atoms with Crippen LogP contribution in [0.2, 0.25) is 0 Å². The number of ether oxygens (including phenoxy) is 2. The standard InChI is InChI=1S/C12H23NO3/c1-2-3-4-5-6-11(10-13-14)9-12-15-7-8-16-12/h10-12,14H,2-9H2,1H3/b13-10+/t11-/m1/s1. The fourth-order valence-electron chi connectivity index (χ4n) is 1.97. The summed E-state index contributed by atoms with van der Waals surface area (Å²) in [6.07, 6.45) is 8.30. The van der Waals surface area contributed by atoms with Crippen LogP contribution in [0.15, 0.2) is 5.16 Å². The Hall–Kier alpha value is -0.610. The van der Waals surface area contributed by atoms with Gasteiger partial charge in [0, 0.05) is 18.6 Å². The van der Waals surface area contributed by atoms with Gasteiger partial charge in [-0.05, 0) is 6.42 Å². The first kappa shape index (κ1) is 13.5. The molecule has 0 unspecified atom stereocenters. The number of rotatable bonds is 8. The Balaban J connectivity index is 2.18. The van der Waals surface area contributed by atoms with Crippen molar-refractivity contribution in [3.63, 3.8) is 0 Å². The quantitative estimate of drug-likeness (QED) is 0.301. The smallest absolute Gasteiger partial charge is 0.158 e. The Morgan fingerprint density at radius 1 is 1.31 bits per heavy atom. The molecule has 1 aliphatic rings. The van der Waals surface area contributed by atoms with Crippen LogP contribution in [0.1, 0.15) is 45.4 Å². The first-order chi connectivity index (χ1) is 7.86. The summed E-state index contributed by atoms with van der Waals surface area (Å²) in [7, 11) is 0. The van der Waals surface area contributed by atoms with Gasteiger partial charge >= 0.3 is 0 Å². The summed E-state index contributed by atoms with van der Waals surface area (Å²) >= 11 is 0. The zero-order chi connectivity index (χ0) is 11.6. The van der Waals surface area contributed by atoms with Crippen molar-refractivity contribution >= 4 is 6.21 Å². The Morgan fingerprint density at radius 3 is 2.69 bits per heavy atom. The molecule has 1 atom stereocenters. The van der Waals surface area contributed by atoms with Crippen LogP contribution in [0.4, 0.5) is 0 Å². The van der Waals surface area contributed by atoms with Gasteiger partial charge in [0.1, 0.15) is 0 Å². The zero-order valence-corrected chi connectivity index (χ0v) is 10.1. The first-order valence-corrected chi connectivity index (χ1v) is 6.27. The molecule has 1 N–H and O–H groups in total. The molecule has 0 bridgehead atoms. The van der Waals surface area contributed by atoms with Crippen LogP contribution in [-0.2, 0) is 9.47 Å². The van der Waals surface area contributed by atoms with E-state index in [1.165, 1.54) is 25.7 Å². The topological polar surface area (TPSA) is 51.1 Å². The van der Waals surface area contributed by atoms with Gasteiger partial charge in [0.25, 0.3) is 0 Å². The van der Waals surface area contributed by atoms with E-state index in [1.54, 1.807) is 6.21 Å². The summed E-state index contributed by atoms with van der Waals surface area (Å²) in [6.45, 7) is 3.57. The molecule has 4 heteroatoms. The van der Waals surface area contributed by atoms with Crippen LogP contribution >= 0.6 is 0 Å². The maximum atomic E-state index is 8.60. The minimum Gasteiger partial charge on any atom is -0.411 e. The highest BCUT2D eigenvalue weighted by Crippen LogP contribution is 2.19. The molecule has 0 spiro atoms. The number of unbranched alkanes of at least 4 members (excludes halogenated alkanes) is 3. The average Bonchev–Trinajstić information content (AvgIpc) is 2.77. The van der Waals surface area contributed by atoms with E-state index in [0.717, 1.165) is 12.8 Å². The van der Waals surface area contributed by atoms with E-state index >= 15 is 0 Å². The Morgan fingerprint density at radius 2 is 2.06 bits per heavy atom. The van der Waals surface area contributed by atoms with E-state index in [1.807, 2.05) is 0 Å². The zero-order valence-electron chi connectivity index (χ0n) is 10.1. The van der Waals surface area contributed by atoms with Gasteiger partial charge in [-0.3, -0.25) is 0 Å². The van der Waals surface area contributed by atoms with Crippen LogP contribution in [-0.4, -0.2) is 30.9 Å². The van der Waals surface area contributed by atoms with Crippen LogP contribution in [0.25, 0.3) is 0 Å². The lowest BCUT2D eigenvalue weighted by molar-refractivity contribution is -0.0524. The van der Waals surface area contributed by atoms with Gasteiger partial charge in [-0.1, -0.05) is 32.6 Å². The molecule has 0 aromatic carbocycles. The summed E-state index contributed by atoms with van der Waals surface area (Å²) in [5.41, 5.74) is 0. The fourth-order valence-corrected chi connectivity index (χ4v) is 1.97. The monoisotopic (exact) mass is 229 g/mol. The molecule has 1 heterocycles. The van der Waals surface area contributed by atoms with Gasteiger partial charge in [-0.15, -0.1) is 5.16 Å². The number of hydrogen-bond donors (Lipinski definition) is 1. The Labute approximate surface area is 97.6 Å². The number of hydrogen-bond acceptors (Lipinski definition) is 4. The van der Waals surface area contributed by atoms with Crippen LogP contribution in [0.5, 0.6) is 0 Å². The van der Waals surface area contributed by atoms with Crippen molar-refractivity contribution in [1.29, 1.82) is 0 Å². The molecule has 16 heavy (non-hydrogen) atoms. The van der Waals surface area contributed by atoms with Crippen molar-refractivity contribution in [2.45, 2.75) is 51.7 Å². The van der Waals surface area contributed by atoms with Gasteiger partial charge in [-0.2, -0.15) is 0 Å². The van der Waals surface area contributed by atoms with Crippen LogP contribution in [0, 0.1) is 5.92 Å². The molecule has 0 aliphatic carbocycles. The highest BCUT2D eigenvalue weighted by atomic mass is 16.7. The highest BCUT2D eigenvalue weighted by molar-refractivity contribution is 5.59. The van der Waals surface area contributed by atoms with Gasteiger partial charge in [0.05, 0.1) is 13.2 Å². The third kappa shape index (κ3) is 5.47. The third-order valence-corrected chi connectivity index (χ3v) is 2.89. The van der Waals surface area contributed by atoms with Crippen molar-refractivity contribution in [3.05, 3.63) is 0 Å². The number of oxime groups is 1. The Kier molecular flexibility index (Phi) is 7.17. The third-order valence-electron chi connectivity index (χ3n) is 2.89. The van der Waals surface area contributed by atoms with Crippen molar-refractivity contribution in [3.8, 4) is 0 Å². The second kappa shape index (κ2) is 8.53. The predicted molar refractivity (Wildman–Crippen MR) is 62.8 cm³/mol. The van der Waals surface area contributed by atoms with E-state index in [2.05, 4.69) is 12.1 Å². The van der Waals surface area contributed by atoms with Gasteiger partial charge in [0.2, 0.25) is 0 Å². The summed E-state index contributed by atoms with van der Waals surface area (Å²) in [5, 5.41) is 11.7. The lowest BCUT2D eigenvalue weighted by Gasteiger charge is -2.15. The predicted octanol–water partition coefficient (Wildman–Crippen LogP) is 2.80. The van der Waals surface area contributed by atoms with E-state index in [4.69, 9.17) is 14.7 Å². The maximum absolute atomic E-state index is 8.60. The first-order valence-electron chi connectivity index (χ1n) is 6.27. The van der Waals surface area contributed by atoms with E-state index in [0.29, 0.717) is 13.2 Å². The molecule has 0 aromatic rings. The minimum absolute atomic E-state index is 0.103. The second-order valence-corrected chi connectivity index (χ2v) is 4.28. The summed E-state index contributed by atoms with van der Waals surface area (Å²) in [4.78, 5) is 0. The summed E-state index contributed by atoms with van der Waals surface area (Å²) < 4.78 is 10.8. The molecule has 1 rings (SSSR count). The molecular formula is C12H23NO3. The largest absolute Gasteiger partial charge is 0.411 e. The SMILES string of the molecule is CCCCCC[C@@H](/C=N/O)CC1OCCO1.